The number of para-hydroxylation sites is 3. The third-order valence-electron chi connectivity index (χ3n) is 3.14. The van der Waals surface area contributed by atoms with Gasteiger partial charge in [-0.15, -0.1) is 0 Å². The minimum absolute atomic E-state index is 0.166. The molecule has 2 N–H and O–H groups in total. The van der Waals surface area contributed by atoms with Crippen LogP contribution < -0.4 is 15.5 Å². The molecule has 2 aromatic rings. The van der Waals surface area contributed by atoms with Gasteiger partial charge in [0.25, 0.3) is 5.69 Å². The summed E-state index contributed by atoms with van der Waals surface area (Å²) in [5, 5.41) is 16.9. The molecule has 0 saturated heterocycles. The van der Waals surface area contributed by atoms with Crippen molar-refractivity contribution >= 4 is 29.4 Å². The molecule has 0 aliphatic carbocycles. The molecule has 0 bridgehead atoms. The van der Waals surface area contributed by atoms with Gasteiger partial charge in [0.1, 0.15) is 5.75 Å². The van der Waals surface area contributed by atoms with Crippen LogP contribution in [-0.4, -0.2) is 29.6 Å². The summed E-state index contributed by atoms with van der Waals surface area (Å²) in [6, 6.07) is 12.5. The molecule has 9 nitrogen and oxygen atoms in total. The van der Waals surface area contributed by atoms with E-state index in [0.29, 0.717) is 18.0 Å². The smallest absolute Gasteiger partial charge is 0.329 e. The van der Waals surface area contributed by atoms with Gasteiger partial charge in [0.05, 0.1) is 29.0 Å². The molecule has 9 heteroatoms. The average molecular weight is 356 g/mol. The molecule has 2 rings (SSSR count). The number of nitro groups is 1. The Labute approximate surface area is 148 Å². The lowest BCUT2D eigenvalue weighted by molar-refractivity contribution is -0.385. The predicted molar refractivity (Wildman–Crippen MR) is 95.1 cm³/mol. The molecule has 0 heterocycles. The Balaban J connectivity index is 2.00. The van der Waals surface area contributed by atoms with Gasteiger partial charge in [0.2, 0.25) is 0 Å². The number of ether oxygens (including phenoxy) is 1. The number of hydrazone groups is 1. The van der Waals surface area contributed by atoms with E-state index in [-0.39, 0.29) is 11.3 Å². The van der Waals surface area contributed by atoms with Crippen molar-refractivity contribution in [3.8, 4) is 5.75 Å². The van der Waals surface area contributed by atoms with Gasteiger partial charge in [-0.3, -0.25) is 19.7 Å². The number of nitrogens with one attached hydrogen (secondary N) is 2. The molecule has 26 heavy (non-hydrogen) atoms. The minimum atomic E-state index is -1.02. The first kappa shape index (κ1) is 18.6. The molecule has 0 fully saturated rings. The number of carbonyl (C=O) groups excluding carboxylic acids is 2. The van der Waals surface area contributed by atoms with Gasteiger partial charge in [0.15, 0.2) is 0 Å². The summed E-state index contributed by atoms with van der Waals surface area (Å²) in [6.45, 7) is 2.20. The number of hydrogen-bond donors (Lipinski definition) is 2. The molecule has 134 valence electrons. The molecule has 0 aliphatic rings. The van der Waals surface area contributed by atoms with Crippen molar-refractivity contribution in [2.24, 2.45) is 5.10 Å². The van der Waals surface area contributed by atoms with Crippen molar-refractivity contribution in [2.45, 2.75) is 6.92 Å². The Kier molecular flexibility index (Phi) is 6.38. The molecule has 2 aromatic carbocycles. The van der Waals surface area contributed by atoms with Crippen molar-refractivity contribution < 1.29 is 19.2 Å². The maximum Gasteiger partial charge on any atom is 0.329 e. The van der Waals surface area contributed by atoms with Crippen molar-refractivity contribution in [3.63, 3.8) is 0 Å². The zero-order valence-electron chi connectivity index (χ0n) is 13.8. The number of rotatable bonds is 6. The van der Waals surface area contributed by atoms with Crippen molar-refractivity contribution in [1.29, 1.82) is 0 Å². The first-order valence-corrected chi connectivity index (χ1v) is 7.62. The SMILES string of the molecule is CCOc1ccccc1NC(=O)C(=O)N/N=C/c1ccccc1[N+](=O)[O-]. The molecule has 0 radical (unpaired) electrons. The summed E-state index contributed by atoms with van der Waals surface area (Å²) in [5.41, 5.74) is 2.40. The van der Waals surface area contributed by atoms with Crippen LogP contribution in [0.2, 0.25) is 0 Å². The van der Waals surface area contributed by atoms with Crippen LogP contribution in [0.1, 0.15) is 12.5 Å². The van der Waals surface area contributed by atoms with Crippen LogP contribution in [0.25, 0.3) is 0 Å². The fourth-order valence-electron chi connectivity index (χ4n) is 2.00. The standard InChI is InChI=1S/C17H16N4O5/c1-2-26-15-10-6-4-8-13(15)19-16(22)17(23)20-18-11-12-7-3-5-9-14(12)21(24)25/h3-11H,2H2,1H3,(H,19,22)(H,20,23)/b18-11+. The third kappa shape index (κ3) is 4.87. The number of nitrogens with zero attached hydrogens (tertiary/aromatic N) is 2. The highest BCUT2D eigenvalue weighted by molar-refractivity contribution is 6.39. The van der Waals surface area contributed by atoms with Crippen molar-refractivity contribution in [3.05, 3.63) is 64.2 Å². The maximum atomic E-state index is 11.9. The highest BCUT2D eigenvalue weighted by atomic mass is 16.6. The molecular formula is C17H16N4O5. The monoisotopic (exact) mass is 356 g/mol. The van der Waals surface area contributed by atoms with Crippen LogP contribution >= 0.6 is 0 Å². The Bertz CT molecular complexity index is 851. The lowest BCUT2D eigenvalue weighted by atomic mass is 10.2. The Morgan fingerprint density at radius 3 is 2.58 bits per heavy atom. The molecule has 0 aromatic heterocycles. The number of carbonyl (C=O) groups is 2. The minimum Gasteiger partial charge on any atom is -0.492 e. The van der Waals surface area contributed by atoms with Gasteiger partial charge in [-0.25, -0.2) is 5.43 Å². The van der Waals surface area contributed by atoms with E-state index in [0.717, 1.165) is 6.21 Å². The normalized spacial score (nSPS) is 10.3. The van der Waals surface area contributed by atoms with Crippen LogP contribution in [0.15, 0.2) is 53.6 Å². The first-order valence-electron chi connectivity index (χ1n) is 7.62. The summed E-state index contributed by atoms with van der Waals surface area (Å²) in [4.78, 5) is 34.1. The Hall–Kier alpha value is -3.75. The highest BCUT2D eigenvalue weighted by Crippen LogP contribution is 2.23. The summed E-state index contributed by atoms with van der Waals surface area (Å²) in [6.07, 6.45) is 1.09. The van der Waals surface area contributed by atoms with E-state index in [4.69, 9.17) is 4.74 Å². The van der Waals surface area contributed by atoms with E-state index in [9.17, 15) is 19.7 Å². The van der Waals surface area contributed by atoms with Gasteiger partial charge in [-0.1, -0.05) is 24.3 Å². The van der Waals surface area contributed by atoms with E-state index in [1.165, 1.54) is 18.2 Å². The van der Waals surface area contributed by atoms with Crippen molar-refractivity contribution in [2.75, 3.05) is 11.9 Å². The molecule has 0 aliphatic heterocycles. The predicted octanol–water partition coefficient (Wildman–Crippen LogP) is 2.08. The van der Waals surface area contributed by atoms with Crippen LogP contribution in [-0.2, 0) is 9.59 Å². The molecular weight excluding hydrogens is 340 g/mol. The zero-order chi connectivity index (χ0) is 18.9. The lowest BCUT2D eigenvalue weighted by Crippen LogP contribution is -2.32. The van der Waals surface area contributed by atoms with E-state index in [1.807, 2.05) is 5.43 Å². The zero-order valence-corrected chi connectivity index (χ0v) is 13.8. The topological polar surface area (TPSA) is 123 Å². The first-order chi connectivity index (χ1) is 12.5. The second-order valence-electron chi connectivity index (χ2n) is 4.90. The fourth-order valence-corrected chi connectivity index (χ4v) is 2.00. The second-order valence-corrected chi connectivity index (χ2v) is 4.90. The molecule has 0 saturated carbocycles. The van der Waals surface area contributed by atoms with Crippen LogP contribution in [0.5, 0.6) is 5.75 Å². The number of amides is 2. The van der Waals surface area contributed by atoms with Crippen LogP contribution in [0.4, 0.5) is 11.4 Å². The quantitative estimate of drug-likeness (QED) is 0.355. The number of nitro benzene ring substituents is 1. The summed E-state index contributed by atoms with van der Waals surface area (Å²) in [7, 11) is 0. The largest absolute Gasteiger partial charge is 0.492 e. The van der Waals surface area contributed by atoms with Gasteiger partial charge in [-0.2, -0.15) is 5.10 Å². The van der Waals surface area contributed by atoms with E-state index in [2.05, 4.69) is 10.4 Å². The van der Waals surface area contributed by atoms with Crippen LogP contribution in [0.3, 0.4) is 0 Å². The Morgan fingerprint density at radius 2 is 1.85 bits per heavy atom. The third-order valence-corrected chi connectivity index (χ3v) is 3.14. The number of benzene rings is 2. The molecule has 0 unspecified atom stereocenters. The average Bonchev–Trinajstić information content (AvgIpc) is 2.63. The van der Waals surface area contributed by atoms with E-state index in [1.54, 1.807) is 37.3 Å². The summed E-state index contributed by atoms with van der Waals surface area (Å²) >= 11 is 0. The summed E-state index contributed by atoms with van der Waals surface area (Å²) in [5.74, 6) is -1.54. The van der Waals surface area contributed by atoms with Gasteiger partial charge in [-0.05, 0) is 25.1 Å². The van der Waals surface area contributed by atoms with Crippen molar-refractivity contribution in [1.82, 2.24) is 5.43 Å². The van der Waals surface area contributed by atoms with E-state index < -0.39 is 16.7 Å². The second kappa shape index (κ2) is 8.92. The Morgan fingerprint density at radius 1 is 1.15 bits per heavy atom. The van der Waals surface area contributed by atoms with Crippen LogP contribution in [0, 0.1) is 10.1 Å². The fraction of sp³-hybridized carbons (Fsp3) is 0.118. The van der Waals surface area contributed by atoms with Gasteiger partial charge in [0, 0.05) is 6.07 Å². The molecule has 2 amide bonds. The maximum absolute atomic E-state index is 11.9. The lowest BCUT2D eigenvalue weighted by Gasteiger charge is -2.10. The number of hydrogen-bond acceptors (Lipinski definition) is 6. The van der Waals surface area contributed by atoms with E-state index >= 15 is 0 Å². The number of anilines is 1. The molecule has 0 spiro atoms. The molecule has 0 atom stereocenters. The van der Waals surface area contributed by atoms with Gasteiger partial charge >= 0.3 is 11.8 Å². The summed E-state index contributed by atoms with van der Waals surface area (Å²) < 4.78 is 5.35. The highest BCUT2D eigenvalue weighted by Gasteiger charge is 2.15. The van der Waals surface area contributed by atoms with Gasteiger partial charge < -0.3 is 10.1 Å².